The molecule has 20 heavy (non-hydrogen) atoms. The maximum Gasteiger partial charge on any atom is 0.225 e. The van der Waals surface area contributed by atoms with Crippen LogP contribution < -0.4 is 5.32 Å². The first-order chi connectivity index (χ1) is 9.56. The molecular formula is C15H19N3OS. The van der Waals surface area contributed by atoms with E-state index in [1.165, 1.54) is 0 Å². The minimum Gasteiger partial charge on any atom is -0.356 e. The third-order valence-corrected chi connectivity index (χ3v) is 4.04. The van der Waals surface area contributed by atoms with Crippen molar-refractivity contribution >= 4 is 17.2 Å². The zero-order valence-electron chi connectivity index (χ0n) is 12.0. The Hall–Kier alpha value is -1.75. The average molecular weight is 289 g/mol. The van der Waals surface area contributed by atoms with Crippen molar-refractivity contribution in [2.24, 2.45) is 5.92 Å². The lowest BCUT2D eigenvalue weighted by Crippen LogP contribution is -2.28. The van der Waals surface area contributed by atoms with Gasteiger partial charge in [0.2, 0.25) is 5.91 Å². The van der Waals surface area contributed by atoms with Gasteiger partial charge in [-0.05, 0) is 25.0 Å². The number of hydrogen-bond donors (Lipinski definition) is 1. The number of thiazole rings is 1. The highest BCUT2D eigenvalue weighted by Gasteiger charge is 2.13. The van der Waals surface area contributed by atoms with Gasteiger partial charge in [0.15, 0.2) is 0 Å². The Bertz CT molecular complexity index is 578. The predicted molar refractivity (Wildman–Crippen MR) is 81.6 cm³/mol. The van der Waals surface area contributed by atoms with E-state index in [4.69, 9.17) is 0 Å². The maximum atomic E-state index is 11.9. The van der Waals surface area contributed by atoms with E-state index >= 15 is 0 Å². The van der Waals surface area contributed by atoms with E-state index in [0.29, 0.717) is 18.9 Å². The van der Waals surface area contributed by atoms with Crippen molar-refractivity contribution in [1.82, 2.24) is 15.3 Å². The fraction of sp³-hybridized carbons (Fsp3) is 0.400. The van der Waals surface area contributed by atoms with Crippen LogP contribution in [0.5, 0.6) is 0 Å². The number of aryl methyl sites for hydroxylation is 1. The molecule has 2 rings (SSSR count). The third-order valence-electron chi connectivity index (χ3n) is 2.83. The summed E-state index contributed by atoms with van der Waals surface area (Å²) in [4.78, 5) is 21.5. The van der Waals surface area contributed by atoms with Crippen LogP contribution in [-0.2, 0) is 11.2 Å². The molecule has 0 aromatic carbocycles. The zero-order valence-corrected chi connectivity index (χ0v) is 12.8. The molecule has 0 atom stereocenters. The smallest absolute Gasteiger partial charge is 0.225 e. The first kappa shape index (κ1) is 14.7. The minimum atomic E-state index is 0.0585. The van der Waals surface area contributed by atoms with Crippen LogP contribution in [0.25, 0.3) is 10.6 Å². The summed E-state index contributed by atoms with van der Waals surface area (Å²) >= 11 is 1.56. The number of nitrogens with zero attached hydrogens (tertiary/aromatic N) is 2. The van der Waals surface area contributed by atoms with Crippen molar-refractivity contribution in [2.75, 3.05) is 6.54 Å². The normalized spacial score (nSPS) is 10.8. The Labute approximate surface area is 123 Å². The van der Waals surface area contributed by atoms with Crippen molar-refractivity contribution in [3.63, 3.8) is 0 Å². The molecule has 0 aliphatic heterocycles. The average Bonchev–Trinajstić information content (AvgIpc) is 2.79. The number of amides is 1. The molecule has 0 aliphatic carbocycles. The molecular weight excluding hydrogens is 270 g/mol. The van der Waals surface area contributed by atoms with E-state index in [0.717, 1.165) is 21.1 Å². The summed E-state index contributed by atoms with van der Waals surface area (Å²) in [7, 11) is 0. The second-order valence-corrected chi connectivity index (χ2v) is 6.23. The monoisotopic (exact) mass is 289 g/mol. The molecule has 5 heteroatoms. The van der Waals surface area contributed by atoms with Crippen molar-refractivity contribution in [3.8, 4) is 10.6 Å². The van der Waals surface area contributed by atoms with Gasteiger partial charge >= 0.3 is 0 Å². The van der Waals surface area contributed by atoms with Gasteiger partial charge in [0, 0.05) is 29.4 Å². The van der Waals surface area contributed by atoms with Crippen LogP contribution in [0, 0.1) is 12.8 Å². The Kier molecular flexibility index (Phi) is 4.84. The highest BCUT2D eigenvalue weighted by molar-refractivity contribution is 7.15. The van der Waals surface area contributed by atoms with Gasteiger partial charge in [-0.3, -0.25) is 9.78 Å². The topological polar surface area (TPSA) is 54.9 Å². The summed E-state index contributed by atoms with van der Waals surface area (Å²) in [6.07, 6.45) is 3.93. The number of hydrogen-bond acceptors (Lipinski definition) is 4. The fourth-order valence-electron chi connectivity index (χ4n) is 1.73. The maximum absolute atomic E-state index is 11.9. The third kappa shape index (κ3) is 3.87. The number of aromatic nitrogens is 2. The van der Waals surface area contributed by atoms with Crippen molar-refractivity contribution < 1.29 is 4.79 Å². The molecule has 0 saturated heterocycles. The molecule has 106 valence electrons. The Morgan fingerprint density at radius 3 is 2.90 bits per heavy atom. The van der Waals surface area contributed by atoms with E-state index in [-0.39, 0.29) is 5.91 Å². The number of pyridine rings is 1. The zero-order chi connectivity index (χ0) is 14.5. The van der Waals surface area contributed by atoms with Crippen LogP contribution in [0.1, 0.15) is 24.4 Å². The lowest BCUT2D eigenvalue weighted by molar-refractivity contribution is -0.120. The number of carbonyl (C=O) groups excluding carboxylic acids is 1. The first-order valence-corrected chi connectivity index (χ1v) is 7.51. The Morgan fingerprint density at radius 1 is 1.45 bits per heavy atom. The molecule has 0 aliphatic rings. The second-order valence-electron chi connectivity index (χ2n) is 5.14. The molecule has 4 nitrogen and oxygen atoms in total. The molecule has 0 unspecified atom stereocenters. The number of rotatable bonds is 5. The molecule has 0 spiro atoms. The summed E-state index contributed by atoms with van der Waals surface area (Å²) in [5, 5.41) is 3.85. The van der Waals surface area contributed by atoms with Gasteiger partial charge in [0.05, 0.1) is 12.1 Å². The van der Waals surface area contributed by atoms with E-state index in [9.17, 15) is 4.79 Å². The van der Waals surface area contributed by atoms with Gasteiger partial charge in [-0.2, -0.15) is 0 Å². The SMILES string of the molecule is Cc1nc(-c2cccnc2)sc1CC(=O)NCC(C)C. The summed E-state index contributed by atoms with van der Waals surface area (Å²) in [6.45, 7) is 6.82. The van der Waals surface area contributed by atoms with Crippen molar-refractivity contribution in [2.45, 2.75) is 27.2 Å². The predicted octanol–water partition coefficient (Wildman–Crippen LogP) is 2.83. The first-order valence-electron chi connectivity index (χ1n) is 6.69. The van der Waals surface area contributed by atoms with Gasteiger partial charge < -0.3 is 5.32 Å². The molecule has 2 aromatic rings. The van der Waals surface area contributed by atoms with E-state index in [1.807, 2.05) is 19.1 Å². The largest absolute Gasteiger partial charge is 0.356 e. The number of nitrogens with one attached hydrogen (secondary N) is 1. The molecule has 1 amide bonds. The van der Waals surface area contributed by atoms with Crippen LogP contribution in [0.4, 0.5) is 0 Å². The van der Waals surface area contributed by atoms with E-state index < -0.39 is 0 Å². The van der Waals surface area contributed by atoms with Crippen LogP contribution in [0.3, 0.4) is 0 Å². The van der Waals surface area contributed by atoms with Crippen LogP contribution >= 0.6 is 11.3 Å². The second kappa shape index (κ2) is 6.61. The van der Waals surface area contributed by atoms with Crippen LogP contribution in [-0.4, -0.2) is 22.4 Å². The van der Waals surface area contributed by atoms with Gasteiger partial charge in [-0.15, -0.1) is 11.3 Å². The van der Waals surface area contributed by atoms with Crippen LogP contribution in [0.15, 0.2) is 24.5 Å². The van der Waals surface area contributed by atoms with Crippen molar-refractivity contribution in [3.05, 3.63) is 35.1 Å². The van der Waals surface area contributed by atoms with E-state index in [2.05, 4.69) is 29.1 Å². The van der Waals surface area contributed by atoms with Gasteiger partial charge in [-0.25, -0.2) is 4.98 Å². The lowest BCUT2D eigenvalue weighted by Gasteiger charge is -2.06. The highest BCUT2D eigenvalue weighted by Crippen LogP contribution is 2.27. The van der Waals surface area contributed by atoms with Gasteiger partial charge in [0.1, 0.15) is 5.01 Å². The highest BCUT2D eigenvalue weighted by atomic mass is 32.1. The van der Waals surface area contributed by atoms with Crippen LogP contribution in [0.2, 0.25) is 0 Å². The molecule has 0 saturated carbocycles. The molecule has 0 radical (unpaired) electrons. The molecule has 0 bridgehead atoms. The standard InChI is InChI=1S/C15H19N3OS/c1-10(2)8-17-14(19)7-13-11(3)18-15(20-13)12-5-4-6-16-9-12/h4-6,9-10H,7-8H2,1-3H3,(H,17,19). The quantitative estimate of drug-likeness (QED) is 0.921. The summed E-state index contributed by atoms with van der Waals surface area (Å²) < 4.78 is 0. The van der Waals surface area contributed by atoms with Gasteiger partial charge in [-0.1, -0.05) is 13.8 Å². The van der Waals surface area contributed by atoms with Crippen molar-refractivity contribution in [1.29, 1.82) is 0 Å². The molecule has 1 N–H and O–H groups in total. The summed E-state index contributed by atoms with van der Waals surface area (Å²) in [6, 6.07) is 3.87. The Balaban J connectivity index is 2.07. The Morgan fingerprint density at radius 2 is 2.25 bits per heavy atom. The minimum absolute atomic E-state index is 0.0585. The molecule has 0 fully saturated rings. The van der Waals surface area contributed by atoms with E-state index in [1.54, 1.807) is 23.7 Å². The summed E-state index contributed by atoms with van der Waals surface area (Å²) in [5.74, 6) is 0.524. The summed E-state index contributed by atoms with van der Waals surface area (Å²) in [5.41, 5.74) is 1.92. The van der Waals surface area contributed by atoms with Gasteiger partial charge in [0.25, 0.3) is 0 Å². The lowest BCUT2D eigenvalue weighted by atomic mass is 10.2. The molecule has 2 aromatic heterocycles. The molecule has 2 heterocycles. The fourth-order valence-corrected chi connectivity index (χ4v) is 2.78. The number of carbonyl (C=O) groups is 1.